The molecule has 0 radical (unpaired) electrons. The SMILES string of the molecule is COc1ccc(CC[C@]2(C)NC(=O)N(C[NH+](C)Cc3ccc(F)cc3)C2=O)cc1. The molecule has 1 unspecified atom stereocenters. The zero-order valence-corrected chi connectivity index (χ0v) is 17.0. The van der Waals surface area contributed by atoms with E-state index in [-0.39, 0.29) is 24.4 Å². The maximum Gasteiger partial charge on any atom is 0.329 e. The lowest BCUT2D eigenvalue weighted by Crippen LogP contribution is -3.09. The second kappa shape index (κ2) is 8.61. The van der Waals surface area contributed by atoms with Crippen molar-refractivity contribution >= 4 is 11.9 Å². The van der Waals surface area contributed by atoms with Crippen LogP contribution in [0.4, 0.5) is 9.18 Å². The number of carbonyl (C=O) groups excluding carboxylic acids is 2. The minimum absolute atomic E-state index is 0.213. The number of nitrogens with zero attached hydrogens (tertiary/aromatic N) is 1. The highest BCUT2D eigenvalue weighted by Crippen LogP contribution is 2.23. The van der Waals surface area contributed by atoms with E-state index in [2.05, 4.69) is 5.32 Å². The van der Waals surface area contributed by atoms with Crippen molar-refractivity contribution in [3.8, 4) is 5.75 Å². The third-order valence-electron chi connectivity index (χ3n) is 5.27. The summed E-state index contributed by atoms with van der Waals surface area (Å²) < 4.78 is 18.2. The Bertz CT molecular complexity index is 870. The maximum absolute atomic E-state index is 13.1. The number of rotatable bonds is 8. The summed E-state index contributed by atoms with van der Waals surface area (Å²) in [7, 11) is 3.52. The first kappa shape index (κ1) is 20.8. The summed E-state index contributed by atoms with van der Waals surface area (Å²) in [6.07, 6.45) is 1.18. The molecule has 0 bridgehead atoms. The molecule has 0 aromatic heterocycles. The van der Waals surface area contributed by atoms with Crippen LogP contribution in [0.25, 0.3) is 0 Å². The number of hydrogen-bond acceptors (Lipinski definition) is 3. The smallest absolute Gasteiger partial charge is 0.329 e. The lowest BCUT2D eigenvalue weighted by Gasteiger charge is -2.23. The van der Waals surface area contributed by atoms with Crippen molar-refractivity contribution in [2.45, 2.75) is 31.8 Å². The molecule has 2 aromatic carbocycles. The third-order valence-corrected chi connectivity index (χ3v) is 5.27. The summed E-state index contributed by atoms with van der Waals surface area (Å²) in [5.41, 5.74) is 1.09. The van der Waals surface area contributed by atoms with Crippen molar-refractivity contribution in [1.82, 2.24) is 10.2 Å². The molecule has 7 heteroatoms. The summed E-state index contributed by atoms with van der Waals surface area (Å²) in [6, 6.07) is 13.6. The highest BCUT2D eigenvalue weighted by Gasteiger charge is 2.48. The molecular weight excluding hydrogens is 373 g/mol. The van der Waals surface area contributed by atoms with Crippen LogP contribution < -0.4 is 15.0 Å². The Morgan fingerprint density at radius 2 is 1.69 bits per heavy atom. The minimum Gasteiger partial charge on any atom is -0.497 e. The molecule has 6 nitrogen and oxygen atoms in total. The van der Waals surface area contributed by atoms with Crippen LogP contribution in [0.5, 0.6) is 5.75 Å². The van der Waals surface area contributed by atoms with Gasteiger partial charge in [0.25, 0.3) is 5.91 Å². The van der Waals surface area contributed by atoms with E-state index >= 15 is 0 Å². The number of quaternary nitrogens is 1. The van der Waals surface area contributed by atoms with Crippen LogP contribution in [0.1, 0.15) is 24.5 Å². The predicted octanol–water partition coefficient (Wildman–Crippen LogP) is 1.75. The quantitative estimate of drug-likeness (QED) is 0.664. The molecule has 2 aromatic rings. The first-order valence-electron chi connectivity index (χ1n) is 9.63. The zero-order valence-electron chi connectivity index (χ0n) is 17.0. The first-order chi connectivity index (χ1) is 13.8. The van der Waals surface area contributed by atoms with Crippen molar-refractivity contribution in [3.05, 3.63) is 65.5 Å². The second-order valence-electron chi connectivity index (χ2n) is 7.76. The Morgan fingerprint density at radius 3 is 2.31 bits per heavy atom. The number of aryl methyl sites for hydroxylation is 1. The van der Waals surface area contributed by atoms with Crippen molar-refractivity contribution in [1.29, 1.82) is 0 Å². The standard InChI is InChI=1S/C22H26FN3O3/c1-22(13-12-16-6-10-19(29-3)11-7-16)20(27)26(21(28)24-22)15-25(2)14-17-4-8-18(23)9-5-17/h4-11H,12-15H2,1-3H3,(H,24,28)/p+1/t22-/m0/s1. The van der Waals surface area contributed by atoms with Crippen molar-refractivity contribution in [3.63, 3.8) is 0 Å². The summed E-state index contributed by atoms with van der Waals surface area (Å²) in [6.45, 7) is 2.60. The van der Waals surface area contributed by atoms with Crippen LogP contribution in [0.2, 0.25) is 0 Å². The van der Waals surface area contributed by atoms with Gasteiger partial charge in [0.05, 0.1) is 14.2 Å². The van der Waals surface area contributed by atoms with E-state index in [1.54, 1.807) is 26.2 Å². The molecule has 1 aliphatic rings. The highest BCUT2D eigenvalue weighted by atomic mass is 19.1. The van der Waals surface area contributed by atoms with Gasteiger partial charge in [0.2, 0.25) is 0 Å². The van der Waals surface area contributed by atoms with Gasteiger partial charge in [-0.1, -0.05) is 24.3 Å². The molecule has 2 N–H and O–H groups in total. The number of methoxy groups -OCH3 is 1. The van der Waals surface area contributed by atoms with Gasteiger partial charge in [0.15, 0.2) is 6.67 Å². The number of ether oxygens (including phenoxy) is 1. The van der Waals surface area contributed by atoms with Gasteiger partial charge in [-0.05, 0) is 49.6 Å². The maximum atomic E-state index is 13.1. The molecule has 29 heavy (non-hydrogen) atoms. The van der Waals surface area contributed by atoms with Gasteiger partial charge in [0, 0.05) is 5.56 Å². The number of imide groups is 1. The van der Waals surface area contributed by atoms with Gasteiger partial charge in [-0.2, -0.15) is 0 Å². The molecule has 0 saturated carbocycles. The molecule has 1 heterocycles. The van der Waals surface area contributed by atoms with Gasteiger partial charge in [-0.3, -0.25) is 4.79 Å². The van der Waals surface area contributed by atoms with Crippen LogP contribution >= 0.6 is 0 Å². The largest absolute Gasteiger partial charge is 0.497 e. The summed E-state index contributed by atoms with van der Waals surface area (Å²) >= 11 is 0. The fourth-order valence-corrected chi connectivity index (χ4v) is 3.52. The number of nitrogens with one attached hydrogen (secondary N) is 2. The molecule has 1 aliphatic heterocycles. The Labute approximate surface area is 170 Å². The van der Waals surface area contributed by atoms with Gasteiger partial charge in [-0.25, -0.2) is 14.1 Å². The van der Waals surface area contributed by atoms with Crippen LogP contribution in [0, 0.1) is 5.82 Å². The molecule has 0 aliphatic carbocycles. The topological polar surface area (TPSA) is 63.1 Å². The molecule has 3 rings (SSSR count). The van der Waals surface area contributed by atoms with Crippen LogP contribution in [0.15, 0.2) is 48.5 Å². The Hall–Kier alpha value is -2.93. The van der Waals surface area contributed by atoms with E-state index in [1.807, 2.05) is 31.3 Å². The normalized spacial score (nSPS) is 19.9. The third kappa shape index (κ3) is 4.92. The predicted molar refractivity (Wildman–Crippen MR) is 107 cm³/mol. The van der Waals surface area contributed by atoms with E-state index in [9.17, 15) is 14.0 Å². The lowest BCUT2D eigenvalue weighted by atomic mass is 9.93. The number of urea groups is 1. The summed E-state index contributed by atoms with van der Waals surface area (Å²) in [5.74, 6) is 0.283. The van der Waals surface area contributed by atoms with E-state index in [1.165, 1.54) is 17.0 Å². The van der Waals surface area contributed by atoms with Gasteiger partial charge >= 0.3 is 6.03 Å². The monoisotopic (exact) mass is 400 g/mol. The Morgan fingerprint density at radius 1 is 1.07 bits per heavy atom. The van der Waals surface area contributed by atoms with Crippen molar-refractivity contribution < 1.29 is 23.6 Å². The molecular formula is C22H27FN3O3+. The zero-order chi connectivity index (χ0) is 21.0. The van der Waals surface area contributed by atoms with Gasteiger partial charge in [0.1, 0.15) is 23.7 Å². The second-order valence-corrected chi connectivity index (χ2v) is 7.76. The van der Waals surface area contributed by atoms with Gasteiger partial charge < -0.3 is 15.0 Å². The number of halogens is 1. The number of benzene rings is 2. The average Bonchev–Trinajstić information content (AvgIpc) is 2.92. The van der Waals surface area contributed by atoms with Crippen molar-refractivity contribution in [2.75, 3.05) is 20.8 Å². The fraction of sp³-hybridized carbons (Fsp3) is 0.364. The number of amides is 3. The van der Waals surface area contributed by atoms with E-state index in [0.29, 0.717) is 19.4 Å². The Kier molecular flexibility index (Phi) is 6.17. The average molecular weight is 400 g/mol. The minimum atomic E-state index is -0.923. The molecule has 154 valence electrons. The van der Waals surface area contributed by atoms with E-state index in [4.69, 9.17) is 4.74 Å². The summed E-state index contributed by atoms with van der Waals surface area (Å²) in [4.78, 5) is 27.6. The van der Waals surface area contributed by atoms with Gasteiger partial charge in [-0.15, -0.1) is 0 Å². The van der Waals surface area contributed by atoms with Crippen molar-refractivity contribution in [2.24, 2.45) is 0 Å². The summed E-state index contributed by atoms with van der Waals surface area (Å²) in [5, 5.41) is 2.85. The number of hydrogen-bond donors (Lipinski definition) is 2. The first-order valence-corrected chi connectivity index (χ1v) is 9.63. The van der Waals surface area contributed by atoms with Crippen LogP contribution in [-0.2, 0) is 17.8 Å². The highest BCUT2D eigenvalue weighted by molar-refractivity contribution is 6.06. The fourth-order valence-electron chi connectivity index (χ4n) is 3.52. The van der Waals surface area contributed by atoms with Crippen LogP contribution in [-0.4, -0.2) is 43.2 Å². The molecule has 0 spiro atoms. The van der Waals surface area contributed by atoms with E-state index in [0.717, 1.165) is 21.8 Å². The molecule has 2 atom stereocenters. The van der Waals surface area contributed by atoms with Crippen LogP contribution in [0.3, 0.4) is 0 Å². The Balaban J connectivity index is 1.59. The molecule has 3 amide bonds. The molecule has 1 fully saturated rings. The van der Waals surface area contributed by atoms with E-state index < -0.39 is 5.54 Å². The molecule has 1 saturated heterocycles. The number of carbonyl (C=O) groups is 2. The lowest BCUT2D eigenvalue weighted by molar-refractivity contribution is -0.901.